The van der Waals surface area contributed by atoms with Crippen molar-refractivity contribution in [3.8, 4) is 5.75 Å². The SMILES string of the molecule is COC(=O)c1ccc(OCC(CO)C(C)C)cc1. The van der Waals surface area contributed by atoms with E-state index in [0.29, 0.717) is 23.8 Å². The number of aliphatic hydroxyl groups is 1. The van der Waals surface area contributed by atoms with Crippen molar-refractivity contribution in [2.75, 3.05) is 20.3 Å². The molecule has 0 fully saturated rings. The summed E-state index contributed by atoms with van der Waals surface area (Å²) in [6.07, 6.45) is 0. The normalized spacial score (nSPS) is 12.3. The maximum Gasteiger partial charge on any atom is 0.337 e. The minimum atomic E-state index is -0.364. The Kier molecular flexibility index (Phi) is 5.65. The topological polar surface area (TPSA) is 55.8 Å². The third-order valence-electron chi connectivity index (χ3n) is 2.92. The molecule has 4 heteroatoms. The molecule has 18 heavy (non-hydrogen) atoms. The zero-order chi connectivity index (χ0) is 13.5. The smallest absolute Gasteiger partial charge is 0.337 e. The summed E-state index contributed by atoms with van der Waals surface area (Å²) in [5.41, 5.74) is 0.493. The molecule has 1 aromatic carbocycles. The van der Waals surface area contributed by atoms with Crippen molar-refractivity contribution in [3.63, 3.8) is 0 Å². The van der Waals surface area contributed by atoms with Crippen molar-refractivity contribution >= 4 is 5.97 Å². The molecule has 100 valence electrons. The largest absolute Gasteiger partial charge is 0.493 e. The van der Waals surface area contributed by atoms with Crippen molar-refractivity contribution < 1.29 is 19.4 Å². The molecule has 0 heterocycles. The van der Waals surface area contributed by atoms with Crippen LogP contribution in [0.4, 0.5) is 0 Å². The number of methoxy groups -OCH3 is 1. The second-order valence-electron chi connectivity index (χ2n) is 4.51. The van der Waals surface area contributed by atoms with Crippen LogP contribution < -0.4 is 4.74 Å². The van der Waals surface area contributed by atoms with Gasteiger partial charge in [-0.3, -0.25) is 0 Å². The van der Waals surface area contributed by atoms with Gasteiger partial charge in [-0.1, -0.05) is 13.8 Å². The summed E-state index contributed by atoms with van der Waals surface area (Å²) >= 11 is 0. The Labute approximate surface area is 108 Å². The molecule has 0 aliphatic heterocycles. The highest BCUT2D eigenvalue weighted by Gasteiger charge is 2.13. The first kappa shape index (κ1) is 14.5. The summed E-state index contributed by atoms with van der Waals surface area (Å²) in [5.74, 6) is 0.799. The lowest BCUT2D eigenvalue weighted by Crippen LogP contribution is -2.21. The molecule has 0 amide bonds. The van der Waals surface area contributed by atoms with Gasteiger partial charge in [0.15, 0.2) is 0 Å². The van der Waals surface area contributed by atoms with E-state index in [1.54, 1.807) is 24.3 Å². The van der Waals surface area contributed by atoms with Crippen molar-refractivity contribution in [3.05, 3.63) is 29.8 Å². The van der Waals surface area contributed by atoms with Gasteiger partial charge in [0.05, 0.1) is 19.3 Å². The maximum atomic E-state index is 11.2. The summed E-state index contributed by atoms with van der Waals surface area (Å²) in [4.78, 5) is 11.2. The molecular formula is C14H20O4. The van der Waals surface area contributed by atoms with Crippen LogP contribution in [0, 0.1) is 11.8 Å². The lowest BCUT2D eigenvalue weighted by molar-refractivity contribution is 0.0600. The number of carbonyl (C=O) groups excluding carboxylic acids is 1. The van der Waals surface area contributed by atoms with E-state index in [9.17, 15) is 9.90 Å². The highest BCUT2D eigenvalue weighted by molar-refractivity contribution is 5.89. The van der Waals surface area contributed by atoms with Gasteiger partial charge in [-0.2, -0.15) is 0 Å². The number of carbonyl (C=O) groups is 1. The van der Waals surface area contributed by atoms with Crippen LogP contribution in [0.1, 0.15) is 24.2 Å². The number of esters is 1. The van der Waals surface area contributed by atoms with Crippen molar-refractivity contribution in [2.45, 2.75) is 13.8 Å². The van der Waals surface area contributed by atoms with Crippen LogP contribution in [0.25, 0.3) is 0 Å². The van der Waals surface area contributed by atoms with Gasteiger partial charge in [-0.15, -0.1) is 0 Å². The second kappa shape index (κ2) is 7.01. The Morgan fingerprint density at radius 3 is 2.33 bits per heavy atom. The Morgan fingerprint density at radius 2 is 1.89 bits per heavy atom. The zero-order valence-corrected chi connectivity index (χ0v) is 11.1. The molecule has 0 saturated carbocycles. The molecule has 0 aliphatic carbocycles. The molecule has 1 unspecified atom stereocenters. The van der Waals surface area contributed by atoms with E-state index in [2.05, 4.69) is 4.74 Å². The molecule has 0 saturated heterocycles. The highest BCUT2D eigenvalue weighted by atomic mass is 16.5. The Morgan fingerprint density at radius 1 is 1.28 bits per heavy atom. The molecule has 0 aromatic heterocycles. The van der Waals surface area contributed by atoms with E-state index in [-0.39, 0.29) is 18.5 Å². The van der Waals surface area contributed by atoms with Crippen molar-refractivity contribution in [1.82, 2.24) is 0 Å². The summed E-state index contributed by atoms with van der Waals surface area (Å²) in [7, 11) is 1.35. The number of ether oxygens (including phenoxy) is 2. The zero-order valence-electron chi connectivity index (χ0n) is 11.1. The summed E-state index contributed by atoms with van der Waals surface area (Å²) in [6, 6.07) is 6.76. The first-order chi connectivity index (χ1) is 8.58. The lowest BCUT2D eigenvalue weighted by atomic mass is 9.98. The molecule has 1 N–H and O–H groups in total. The van der Waals surface area contributed by atoms with E-state index in [1.807, 2.05) is 13.8 Å². The van der Waals surface area contributed by atoms with Crippen LogP contribution >= 0.6 is 0 Å². The van der Waals surface area contributed by atoms with Crippen LogP contribution in [0.5, 0.6) is 5.75 Å². The van der Waals surface area contributed by atoms with Gasteiger partial charge < -0.3 is 14.6 Å². The minimum Gasteiger partial charge on any atom is -0.493 e. The molecule has 1 aromatic rings. The molecular weight excluding hydrogens is 232 g/mol. The van der Waals surface area contributed by atoms with Crippen LogP contribution in [0.15, 0.2) is 24.3 Å². The van der Waals surface area contributed by atoms with Crippen molar-refractivity contribution in [1.29, 1.82) is 0 Å². The summed E-state index contributed by atoms with van der Waals surface area (Å²) in [6.45, 7) is 4.67. The average Bonchev–Trinajstić information content (AvgIpc) is 2.39. The van der Waals surface area contributed by atoms with Gasteiger partial charge in [-0.05, 0) is 30.2 Å². The molecule has 0 bridgehead atoms. The van der Waals surface area contributed by atoms with Crippen LogP contribution in [-0.4, -0.2) is 31.4 Å². The number of aliphatic hydroxyl groups excluding tert-OH is 1. The van der Waals surface area contributed by atoms with Crippen LogP contribution in [-0.2, 0) is 4.74 Å². The Hall–Kier alpha value is -1.55. The monoisotopic (exact) mass is 252 g/mol. The van der Waals surface area contributed by atoms with Gasteiger partial charge in [0.1, 0.15) is 5.75 Å². The molecule has 0 spiro atoms. The van der Waals surface area contributed by atoms with E-state index in [1.165, 1.54) is 7.11 Å². The van der Waals surface area contributed by atoms with Crippen LogP contribution in [0.2, 0.25) is 0 Å². The average molecular weight is 252 g/mol. The van der Waals surface area contributed by atoms with E-state index < -0.39 is 0 Å². The first-order valence-electron chi connectivity index (χ1n) is 6.00. The predicted octanol–water partition coefficient (Wildman–Crippen LogP) is 2.12. The number of hydrogen-bond donors (Lipinski definition) is 1. The number of benzene rings is 1. The standard InChI is InChI=1S/C14H20O4/c1-10(2)12(8-15)9-18-13-6-4-11(5-7-13)14(16)17-3/h4-7,10,12,15H,8-9H2,1-3H3. The Balaban J connectivity index is 2.56. The third-order valence-corrected chi connectivity index (χ3v) is 2.92. The van der Waals surface area contributed by atoms with Gasteiger partial charge in [0.2, 0.25) is 0 Å². The fraction of sp³-hybridized carbons (Fsp3) is 0.500. The fourth-order valence-electron chi connectivity index (χ4n) is 1.46. The fourth-order valence-corrected chi connectivity index (χ4v) is 1.46. The van der Waals surface area contributed by atoms with Crippen LogP contribution in [0.3, 0.4) is 0 Å². The minimum absolute atomic E-state index is 0.109. The van der Waals surface area contributed by atoms with E-state index in [0.717, 1.165) is 0 Å². The van der Waals surface area contributed by atoms with E-state index in [4.69, 9.17) is 4.74 Å². The predicted molar refractivity (Wildman–Crippen MR) is 68.7 cm³/mol. The van der Waals surface area contributed by atoms with Gasteiger partial charge in [0.25, 0.3) is 0 Å². The summed E-state index contributed by atoms with van der Waals surface area (Å²) in [5, 5.41) is 9.18. The van der Waals surface area contributed by atoms with Crippen molar-refractivity contribution in [2.24, 2.45) is 11.8 Å². The molecule has 4 nitrogen and oxygen atoms in total. The highest BCUT2D eigenvalue weighted by Crippen LogP contribution is 2.16. The summed E-state index contributed by atoms with van der Waals surface area (Å²) < 4.78 is 10.2. The van der Waals surface area contributed by atoms with E-state index >= 15 is 0 Å². The third kappa shape index (κ3) is 4.04. The van der Waals surface area contributed by atoms with Gasteiger partial charge in [-0.25, -0.2) is 4.79 Å². The molecule has 1 atom stereocenters. The number of rotatable bonds is 6. The Bertz CT molecular complexity index is 370. The quantitative estimate of drug-likeness (QED) is 0.788. The molecule has 0 radical (unpaired) electrons. The lowest BCUT2D eigenvalue weighted by Gasteiger charge is -2.18. The first-order valence-corrected chi connectivity index (χ1v) is 6.00. The maximum absolute atomic E-state index is 11.2. The molecule has 1 rings (SSSR count). The molecule has 0 aliphatic rings. The van der Waals surface area contributed by atoms with Gasteiger partial charge in [0, 0.05) is 12.5 Å². The number of hydrogen-bond acceptors (Lipinski definition) is 4. The van der Waals surface area contributed by atoms with Gasteiger partial charge >= 0.3 is 5.97 Å². The second-order valence-corrected chi connectivity index (χ2v) is 4.51.